The molecule has 0 bridgehead atoms. The summed E-state index contributed by atoms with van der Waals surface area (Å²) >= 11 is 2.04. The highest BCUT2D eigenvalue weighted by Crippen LogP contribution is 2.07. The molecule has 0 aromatic carbocycles. The molecule has 1 rings (SSSR count). The zero-order chi connectivity index (χ0) is 11.6. The first-order chi connectivity index (χ1) is 7.83. The first-order valence-corrected chi connectivity index (χ1v) is 6.95. The molecular formula is C10H22N4OS. The molecule has 1 aliphatic rings. The number of hydrogen-bond donors (Lipinski definition) is 3. The van der Waals surface area contributed by atoms with Crippen LogP contribution >= 0.6 is 11.8 Å². The molecule has 0 unspecified atom stereocenters. The standard InChI is InChI=1S/C10H22N4OS/c11-10(13-15)2-1-3-12-4-5-14-6-8-16-9-7-14/h12,15H,1-9H2,(H2,11,13). The summed E-state index contributed by atoms with van der Waals surface area (Å²) in [6, 6.07) is 0. The second kappa shape index (κ2) is 8.66. The minimum atomic E-state index is 0.315. The summed E-state index contributed by atoms with van der Waals surface area (Å²) in [5, 5.41) is 14.6. The van der Waals surface area contributed by atoms with E-state index >= 15 is 0 Å². The molecule has 1 saturated heterocycles. The maximum absolute atomic E-state index is 8.34. The van der Waals surface area contributed by atoms with Gasteiger partial charge in [-0.05, 0) is 13.0 Å². The van der Waals surface area contributed by atoms with Crippen molar-refractivity contribution in [3.05, 3.63) is 0 Å². The van der Waals surface area contributed by atoms with Gasteiger partial charge in [-0.1, -0.05) is 5.16 Å². The van der Waals surface area contributed by atoms with Crippen molar-refractivity contribution in [2.24, 2.45) is 10.9 Å². The Balaban J connectivity index is 1.87. The fraction of sp³-hybridized carbons (Fsp3) is 0.900. The maximum atomic E-state index is 8.34. The van der Waals surface area contributed by atoms with E-state index in [0.717, 1.165) is 26.1 Å². The van der Waals surface area contributed by atoms with E-state index in [4.69, 9.17) is 10.9 Å². The zero-order valence-corrected chi connectivity index (χ0v) is 10.5. The second-order valence-corrected chi connectivity index (χ2v) is 5.12. The molecule has 16 heavy (non-hydrogen) atoms. The van der Waals surface area contributed by atoms with Gasteiger partial charge in [-0.25, -0.2) is 0 Å². The minimum Gasteiger partial charge on any atom is -0.409 e. The quantitative estimate of drug-likeness (QED) is 0.196. The summed E-state index contributed by atoms with van der Waals surface area (Å²) in [4.78, 5) is 2.49. The number of hydrogen-bond acceptors (Lipinski definition) is 5. The molecule has 0 saturated carbocycles. The van der Waals surface area contributed by atoms with Gasteiger partial charge in [0.2, 0.25) is 0 Å². The predicted octanol–water partition coefficient (Wildman–Crippen LogP) is 0.151. The van der Waals surface area contributed by atoms with Crippen LogP contribution in [0.1, 0.15) is 12.8 Å². The second-order valence-electron chi connectivity index (χ2n) is 3.90. The molecule has 1 aliphatic heterocycles. The Morgan fingerprint density at radius 3 is 2.81 bits per heavy atom. The van der Waals surface area contributed by atoms with Crippen LogP contribution in [0.2, 0.25) is 0 Å². The van der Waals surface area contributed by atoms with Crippen LogP contribution in [-0.2, 0) is 0 Å². The topological polar surface area (TPSA) is 73.9 Å². The smallest absolute Gasteiger partial charge is 0.139 e. The van der Waals surface area contributed by atoms with E-state index in [1.165, 1.54) is 24.6 Å². The van der Waals surface area contributed by atoms with Gasteiger partial charge in [0.1, 0.15) is 5.84 Å². The molecule has 0 amide bonds. The van der Waals surface area contributed by atoms with Crippen LogP contribution in [0, 0.1) is 0 Å². The van der Waals surface area contributed by atoms with Crippen LogP contribution in [0.5, 0.6) is 0 Å². The Morgan fingerprint density at radius 1 is 1.38 bits per heavy atom. The molecule has 4 N–H and O–H groups in total. The molecular weight excluding hydrogens is 224 g/mol. The van der Waals surface area contributed by atoms with E-state index in [2.05, 4.69) is 15.4 Å². The minimum absolute atomic E-state index is 0.315. The number of rotatable bonds is 7. The predicted molar refractivity (Wildman–Crippen MR) is 69.3 cm³/mol. The largest absolute Gasteiger partial charge is 0.409 e. The third-order valence-electron chi connectivity index (χ3n) is 2.62. The summed E-state index contributed by atoms with van der Waals surface area (Å²) in [7, 11) is 0. The fourth-order valence-electron chi connectivity index (χ4n) is 1.63. The lowest BCUT2D eigenvalue weighted by Crippen LogP contribution is -2.38. The third-order valence-corrected chi connectivity index (χ3v) is 3.57. The summed E-state index contributed by atoms with van der Waals surface area (Å²) in [6.07, 6.45) is 1.58. The third kappa shape index (κ3) is 6.19. The van der Waals surface area contributed by atoms with E-state index in [1.807, 2.05) is 11.8 Å². The highest BCUT2D eigenvalue weighted by atomic mass is 32.2. The van der Waals surface area contributed by atoms with Gasteiger partial charge in [-0.15, -0.1) is 0 Å². The van der Waals surface area contributed by atoms with Crippen molar-refractivity contribution in [1.82, 2.24) is 10.2 Å². The first-order valence-electron chi connectivity index (χ1n) is 5.80. The number of oxime groups is 1. The molecule has 1 fully saturated rings. The van der Waals surface area contributed by atoms with E-state index in [0.29, 0.717) is 12.3 Å². The van der Waals surface area contributed by atoms with Gasteiger partial charge < -0.3 is 21.2 Å². The summed E-state index contributed by atoms with van der Waals surface area (Å²) in [5.74, 6) is 2.85. The van der Waals surface area contributed by atoms with E-state index in [-0.39, 0.29) is 0 Å². The molecule has 0 aromatic rings. The average molecular weight is 246 g/mol. The van der Waals surface area contributed by atoms with Gasteiger partial charge in [0.15, 0.2) is 0 Å². The highest BCUT2D eigenvalue weighted by Gasteiger charge is 2.08. The Labute approximate surface area is 101 Å². The summed E-state index contributed by atoms with van der Waals surface area (Å²) in [5.41, 5.74) is 5.37. The fourth-order valence-corrected chi connectivity index (χ4v) is 2.61. The van der Waals surface area contributed by atoms with Crippen LogP contribution in [0.3, 0.4) is 0 Å². The maximum Gasteiger partial charge on any atom is 0.139 e. The van der Waals surface area contributed by atoms with Gasteiger partial charge in [0.05, 0.1) is 0 Å². The van der Waals surface area contributed by atoms with E-state index in [1.54, 1.807) is 0 Å². The molecule has 1 heterocycles. The molecule has 0 aliphatic carbocycles. The zero-order valence-electron chi connectivity index (χ0n) is 9.69. The number of nitrogens with zero attached hydrogens (tertiary/aromatic N) is 2. The SMILES string of the molecule is NC(CCCNCCN1CCSCC1)=NO. The molecule has 0 atom stereocenters. The molecule has 6 heteroatoms. The van der Waals surface area contributed by atoms with Crippen LogP contribution < -0.4 is 11.1 Å². The van der Waals surface area contributed by atoms with Gasteiger partial charge >= 0.3 is 0 Å². The summed E-state index contributed by atoms with van der Waals surface area (Å²) in [6.45, 7) is 5.52. The van der Waals surface area contributed by atoms with Crippen LogP contribution in [-0.4, -0.2) is 60.2 Å². The molecule has 0 aromatic heterocycles. The molecule has 0 spiro atoms. The van der Waals surface area contributed by atoms with E-state index < -0.39 is 0 Å². The molecule has 94 valence electrons. The Hall–Kier alpha value is -0.460. The van der Waals surface area contributed by atoms with Crippen LogP contribution in [0.25, 0.3) is 0 Å². The Kier molecular flexibility index (Phi) is 7.37. The normalized spacial score (nSPS) is 18.9. The Bertz CT molecular complexity index is 207. The van der Waals surface area contributed by atoms with E-state index in [9.17, 15) is 0 Å². The average Bonchev–Trinajstić information content (AvgIpc) is 2.34. The Morgan fingerprint density at radius 2 is 2.12 bits per heavy atom. The highest BCUT2D eigenvalue weighted by molar-refractivity contribution is 7.99. The number of nitrogens with one attached hydrogen (secondary N) is 1. The molecule has 5 nitrogen and oxygen atoms in total. The lowest BCUT2D eigenvalue weighted by molar-refractivity contribution is 0.301. The van der Waals surface area contributed by atoms with Gasteiger partial charge in [-0.3, -0.25) is 0 Å². The summed E-state index contributed by atoms with van der Waals surface area (Å²) < 4.78 is 0. The van der Waals surface area contributed by atoms with Gasteiger partial charge in [0.25, 0.3) is 0 Å². The number of thioether (sulfide) groups is 1. The lowest BCUT2D eigenvalue weighted by Gasteiger charge is -2.26. The van der Waals surface area contributed by atoms with Crippen molar-refractivity contribution < 1.29 is 5.21 Å². The van der Waals surface area contributed by atoms with Gasteiger partial charge in [0, 0.05) is 44.1 Å². The van der Waals surface area contributed by atoms with Gasteiger partial charge in [-0.2, -0.15) is 11.8 Å². The van der Waals surface area contributed by atoms with Crippen molar-refractivity contribution in [3.8, 4) is 0 Å². The van der Waals surface area contributed by atoms with Crippen molar-refractivity contribution in [2.75, 3.05) is 44.2 Å². The van der Waals surface area contributed by atoms with Crippen molar-refractivity contribution in [1.29, 1.82) is 0 Å². The number of nitrogens with two attached hydrogens (primary N) is 1. The molecule has 0 radical (unpaired) electrons. The monoisotopic (exact) mass is 246 g/mol. The first kappa shape index (κ1) is 13.6. The number of amidine groups is 1. The van der Waals surface area contributed by atoms with Crippen molar-refractivity contribution >= 4 is 17.6 Å². The van der Waals surface area contributed by atoms with Crippen LogP contribution in [0.4, 0.5) is 0 Å². The van der Waals surface area contributed by atoms with Crippen LogP contribution in [0.15, 0.2) is 5.16 Å². The van der Waals surface area contributed by atoms with Crippen molar-refractivity contribution in [3.63, 3.8) is 0 Å². The lowest BCUT2D eigenvalue weighted by atomic mass is 10.3. The van der Waals surface area contributed by atoms with Crippen molar-refractivity contribution in [2.45, 2.75) is 12.8 Å².